The summed E-state index contributed by atoms with van der Waals surface area (Å²) in [7, 11) is -3.93. The van der Waals surface area contributed by atoms with E-state index in [1.54, 1.807) is 0 Å². The van der Waals surface area contributed by atoms with E-state index in [-0.39, 0.29) is 6.10 Å². The summed E-state index contributed by atoms with van der Waals surface area (Å²) in [5.74, 6) is 0. The predicted molar refractivity (Wildman–Crippen MR) is 88.1 cm³/mol. The number of rotatable bonds is 14. The van der Waals surface area contributed by atoms with Gasteiger partial charge in [-0.05, 0) is 25.7 Å². The molecule has 0 fully saturated rings. The Morgan fingerprint density at radius 3 is 1.81 bits per heavy atom. The molecule has 0 aliphatic rings. The summed E-state index contributed by atoms with van der Waals surface area (Å²) >= 11 is 0. The first-order valence-electron chi connectivity index (χ1n) is 8.56. The average molecular weight is 323 g/mol. The fourth-order valence-electron chi connectivity index (χ4n) is 2.55. The van der Waals surface area contributed by atoms with Crippen molar-refractivity contribution in [2.24, 2.45) is 0 Å². The molecule has 0 saturated carbocycles. The van der Waals surface area contributed by atoms with Crippen LogP contribution in [0.2, 0.25) is 0 Å². The summed E-state index contributed by atoms with van der Waals surface area (Å²) in [4.78, 5) is 0. The molecule has 0 spiro atoms. The maximum atomic E-state index is 11.4. The lowest BCUT2D eigenvalue weighted by Gasteiger charge is -2.14. The topological polar surface area (TPSA) is 74.6 Å². The Kier molecular flexibility index (Phi) is 12.3. The molecule has 0 heterocycles. The van der Waals surface area contributed by atoms with E-state index in [0.717, 1.165) is 38.5 Å². The number of hydrogen-bond acceptors (Lipinski definition) is 3. The van der Waals surface area contributed by atoms with E-state index >= 15 is 0 Å². The second kappa shape index (κ2) is 12.4. The SMILES string of the molecule is CCCCCCCCC(CCCCC(O)CC)S(=O)(=O)O. The van der Waals surface area contributed by atoms with Crippen LogP contribution in [0.1, 0.15) is 90.9 Å². The third-order valence-corrected chi connectivity index (χ3v) is 5.40. The van der Waals surface area contributed by atoms with Crippen molar-refractivity contribution >= 4 is 10.1 Å². The quantitative estimate of drug-likeness (QED) is 0.369. The number of hydrogen-bond donors (Lipinski definition) is 2. The molecule has 2 atom stereocenters. The van der Waals surface area contributed by atoms with Gasteiger partial charge in [0, 0.05) is 0 Å². The van der Waals surface area contributed by atoms with Gasteiger partial charge in [-0.25, -0.2) is 0 Å². The van der Waals surface area contributed by atoms with Gasteiger partial charge in [-0.3, -0.25) is 4.55 Å². The van der Waals surface area contributed by atoms with Crippen LogP contribution in [0.4, 0.5) is 0 Å². The van der Waals surface area contributed by atoms with Gasteiger partial charge in [0.05, 0.1) is 11.4 Å². The van der Waals surface area contributed by atoms with Crippen LogP contribution in [0.15, 0.2) is 0 Å². The van der Waals surface area contributed by atoms with Crippen molar-refractivity contribution < 1.29 is 18.1 Å². The summed E-state index contributed by atoms with van der Waals surface area (Å²) in [6.45, 7) is 4.11. The molecule has 2 N–H and O–H groups in total. The summed E-state index contributed by atoms with van der Waals surface area (Å²) in [5, 5.41) is 8.84. The van der Waals surface area contributed by atoms with Crippen LogP contribution in [-0.4, -0.2) is 29.4 Å². The zero-order chi connectivity index (χ0) is 16.1. The Hall–Kier alpha value is -0.130. The molecule has 0 aromatic rings. The maximum absolute atomic E-state index is 11.4. The highest BCUT2D eigenvalue weighted by molar-refractivity contribution is 7.86. The van der Waals surface area contributed by atoms with Crippen molar-refractivity contribution in [2.45, 2.75) is 102 Å². The van der Waals surface area contributed by atoms with Crippen LogP contribution in [0.5, 0.6) is 0 Å². The van der Waals surface area contributed by atoms with Gasteiger partial charge in [0.25, 0.3) is 10.1 Å². The minimum absolute atomic E-state index is 0.284. The number of unbranched alkanes of at least 4 members (excludes halogenated alkanes) is 6. The van der Waals surface area contributed by atoms with Crippen LogP contribution in [0, 0.1) is 0 Å². The molecule has 128 valence electrons. The van der Waals surface area contributed by atoms with Crippen molar-refractivity contribution in [1.82, 2.24) is 0 Å². The zero-order valence-electron chi connectivity index (χ0n) is 13.8. The van der Waals surface area contributed by atoms with Crippen LogP contribution in [0.25, 0.3) is 0 Å². The first-order valence-corrected chi connectivity index (χ1v) is 10.1. The highest BCUT2D eigenvalue weighted by Crippen LogP contribution is 2.19. The molecule has 0 aromatic carbocycles. The van der Waals surface area contributed by atoms with Crippen LogP contribution < -0.4 is 0 Å². The molecule has 0 radical (unpaired) electrons. The highest BCUT2D eigenvalue weighted by Gasteiger charge is 2.21. The Labute approximate surface area is 131 Å². The molecule has 2 unspecified atom stereocenters. The van der Waals surface area contributed by atoms with Crippen LogP contribution >= 0.6 is 0 Å². The molecule has 0 amide bonds. The molecule has 0 bridgehead atoms. The smallest absolute Gasteiger partial charge is 0.267 e. The monoisotopic (exact) mass is 322 g/mol. The first-order chi connectivity index (χ1) is 9.91. The molecule has 5 heteroatoms. The number of aliphatic hydroxyl groups excluding tert-OH is 1. The van der Waals surface area contributed by atoms with Crippen LogP contribution in [-0.2, 0) is 10.1 Å². The summed E-state index contributed by atoms with van der Waals surface area (Å²) in [5.41, 5.74) is 0. The van der Waals surface area contributed by atoms with E-state index in [9.17, 15) is 18.1 Å². The molecule has 21 heavy (non-hydrogen) atoms. The normalized spacial score (nSPS) is 15.0. The molecular formula is C16H34O4S. The fourth-order valence-corrected chi connectivity index (χ4v) is 3.48. The van der Waals surface area contributed by atoms with Gasteiger partial charge in [-0.1, -0.05) is 65.2 Å². The first kappa shape index (κ1) is 20.9. The third-order valence-electron chi connectivity index (χ3n) is 4.09. The lowest BCUT2D eigenvalue weighted by molar-refractivity contribution is 0.156. The number of aliphatic hydroxyl groups is 1. The maximum Gasteiger partial charge on any atom is 0.267 e. The van der Waals surface area contributed by atoms with E-state index in [0.29, 0.717) is 19.3 Å². The van der Waals surface area contributed by atoms with Crippen molar-refractivity contribution in [3.8, 4) is 0 Å². The lowest BCUT2D eigenvalue weighted by atomic mass is 10.0. The van der Waals surface area contributed by atoms with Gasteiger partial charge in [0.1, 0.15) is 0 Å². The average Bonchev–Trinajstić information content (AvgIpc) is 2.43. The van der Waals surface area contributed by atoms with Gasteiger partial charge < -0.3 is 5.11 Å². The molecule has 0 aliphatic carbocycles. The van der Waals surface area contributed by atoms with E-state index < -0.39 is 15.4 Å². The summed E-state index contributed by atoms with van der Waals surface area (Å²) in [6, 6.07) is 0. The molecule has 0 aromatic heterocycles. The van der Waals surface area contributed by atoms with E-state index in [1.165, 1.54) is 19.3 Å². The Morgan fingerprint density at radius 1 is 0.810 bits per heavy atom. The standard InChI is InChI=1S/C16H34O4S/c1-3-5-6-7-8-9-13-16(21(18,19)20)14-11-10-12-15(17)4-2/h15-17H,3-14H2,1-2H3,(H,18,19,20). The van der Waals surface area contributed by atoms with E-state index in [1.807, 2.05) is 6.92 Å². The fraction of sp³-hybridized carbons (Fsp3) is 1.00. The summed E-state index contributed by atoms with van der Waals surface area (Å²) in [6.07, 6.45) is 10.5. The second-order valence-corrected chi connectivity index (χ2v) is 7.74. The van der Waals surface area contributed by atoms with E-state index in [4.69, 9.17) is 0 Å². The van der Waals surface area contributed by atoms with Crippen molar-refractivity contribution in [1.29, 1.82) is 0 Å². The van der Waals surface area contributed by atoms with Crippen molar-refractivity contribution in [3.05, 3.63) is 0 Å². The Balaban J connectivity index is 3.89. The third kappa shape index (κ3) is 12.1. The second-order valence-electron chi connectivity index (χ2n) is 6.04. The van der Waals surface area contributed by atoms with E-state index in [2.05, 4.69) is 6.92 Å². The zero-order valence-corrected chi connectivity index (χ0v) is 14.6. The predicted octanol–water partition coefficient (Wildman–Crippen LogP) is 4.32. The largest absolute Gasteiger partial charge is 0.393 e. The van der Waals surface area contributed by atoms with Gasteiger partial charge in [0.15, 0.2) is 0 Å². The molecular weight excluding hydrogens is 288 g/mol. The van der Waals surface area contributed by atoms with Gasteiger partial charge >= 0.3 is 0 Å². The molecule has 0 saturated heterocycles. The molecule has 0 aliphatic heterocycles. The lowest BCUT2D eigenvalue weighted by Crippen LogP contribution is -2.20. The van der Waals surface area contributed by atoms with Gasteiger partial charge in [-0.15, -0.1) is 0 Å². The minimum Gasteiger partial charge on any atom is -0.393 e. The Bertz CT molecular complexity index is 327. The molecule has 0 rings (SSSR count). The highest BCUT2D eigenvalue weighted by atomic mass is 32.2. The van der Waals surface area contributed by atoms with Crippen LogP contribution in [0.3, 0.4) is 0 Å². The van der Waals surface area contributed by atoms with Crippen molar-refractivity contribution in [3.63, 3.8) is 0 Å². The minimum atomic E-state index is -3.93. The summed E-state index contributed by atoms with van der Waals surface area (Å²) < 4.78 is 32.1. The molecule has 4 nitrogen and oxygen atoms in total. The van der Waals surface area contributed by atoms with Gasteiger partial charge in [-0.2, -0.15) is 8.42 Å². The Morgan fingerprint density at radius 2 is 1.29 bits per heavy atom. The van der Waals surface area contributed by atoms with Gasteiger partial charge in [0.2, 0.25) is 0 Å². The van der Waals surface area contributed by atoms with Crippen molar-refractivity contribution in [2.75, 3.05) is 0 Å².